The summed E-state index contributed by atoms with van der Waals surface area (Å²) in [5, 5.41) is 0. The van der Waals surface area contributed by atoms with E-state index < -0.39 is 11.9 Å². The summed E-state index contributed by atoms with van der Waals surface area (Å²) in [6, 6.07) is 3.76. The first-order valence-corrected chi connectivity index (χ1v) is 9.24. The van der Waals surface area contributed by atoms with Crippen molar-refractivity contribution in [1.29, 1.82) is 0 Å². The van der Waals surface area contributed by atoms with Gasteiger partial charge in [0.05, 0.1) is 20.3 Å². The zero-order valence-electron chi connectivity index (χ0n) is 16.6. The quantitative estimate of drug-likeness (QED) is 0.641. The average molecular weight is 379 g/mol. The Kier molecular flexibility index (Phi) is 8.06. The first-order chi connectivity index (χ1) is 12.9. The molecule has 1 aliphatic rings. The largest absolute Gasteiger partial charge is 0.481 e. The molecule has 1 saturated heterocycles. The van der Waals surface area contributed by atoms with Crippen molar-refractivity contribution < 1.29 is 28.5 Å². The highest BCUT2D eigenvalue weighted by Crippen LogP contribution is 2.33. The van der Waals surface area contributed by atoms with E-state index >= 15 is 0 Å². The molecule has 0 unspecified atom stereocenters. The molecule has 7 nitrogen and oxygen atoms in total. The van der Waals surface area contributed by atoms with Crippen molar-refractivity contribution in [1.82, 2.24) is 4.90 Å². The lowest BCUT2D eigenvalue weighted by Crippen LogP contribution is -2.38. The summed E-state index contributed by atoms with van der Waals surface area (Å²) in [5.41, 5.74) is 1.94. The molecule has 150 valence electrons. The molecule has 0 N–H and O–H groups in total. The van der Waals surface area contributed by atoms with E-state index in [0.29, 0.717) is 37.7 Å². The van der Waals surface area contributed by atoms with Crippen LogP contribution in [0, 0.1) is 6.92 Å². The third-order valence-electron chi connectivity index (χ3n) is 4.52. The Balaban J connectivity index is 1.97. The molecular formula is C20H29NO6. The predicted octanol–water partition coefficient (Wildman–Crippen LogP) is 2.16. The number of hydrogen-bond acceptors (Lipinski definition) is 7. The smallest absolute Gasteiger partial charge is 0.344 e. The fraction of sp³-hybridized carbons (Fsp3) is 0.600. The van der Waals surface area contributed by atoms with Gasteiger partial charge in [-0.15, -0.1) is 0 Å². The maximum Gasteiger partial charge on any atom is 0.344 e. The van der Waals surface area contributed by atoms with Gasteiger partial charge in [0, 0.05) is 19.6 Å². The molecule has 1 fully saturated rings. The van der Waals surface area contributed by atoms with Crippen molar-refractivity contribution in [3.05, 3.63) is 28.8 Å². The van der Waals surface area contributed by atoms with Crippen molar-refractivity contribution in [2.24, 2.45) is 0 Å². The molecule has 2 rings (SSSR count). The normalized spacial score (nSPS) is 14.9. The monoisotopic (exact) mass is 379 g/mol. The predicted molar refractivity (Wildman–Crippen MR) is 100 cm³/mol. The molecule has 7 heteroatoms. The highest BCUT2D eigenvalue weighted by atomic mass is 16.6. The van der Waals surface area contributed by atoms with E-state index in [1.54, 1.807) is 0 Å². The Bertz CT molecular complexity index is 652. The molecule has 1 heterocycles. The molecule has 1 aliphatic heterocycles. The van der Waals surface area contributed by atoms with E-state index in [1.807, 2.05) is 32.9 Å². The van der Waals surface area contributed by atoms with Crippen molar-refractivity contribution >= 4 is 11.9 Å². The summed E-state index contributed by atoms with van der Waals surface area (Å²) in [6.45, 7) is 9.63. The Morgan fingerprint density at radius 1 is 1.22 bits per heavy atom. The minimum atomic E-state index is -0.481. The lowest BCUT2D eigenvalue weighted by molar-refractivity contribution is -0.146. The number of hydrogen-bond donors (Lipinski definition) is 0. The van der Waals surface area contributed by atoms with Crippen LogP contribution in [-0.4, -0.2) is 70.0 Å². The third kappa shape index (κ3) is 5.94. The maximum atomic E-state index is 12.2. The van der Waals surface area contributed by atoms with E-state index in [4.69, 9.17) is 18.9 Å². The third-order valence-corrected chi connectivity index (χ3v) is 4.52. The van der Waals surface area contributed by atoms with Crippen LogP contribution < -0.4 is 4.74 Å². The summed E-state index contributed by atoms with van der Waals surface area (Å²) >= 11 is 0. The first-order valence-electron chi connectivity index (χ1n) is 9.24. The lowest BCUT2D eigenvalue weighted by Gasteiger charge is -2.26. The Hall–Kier alpha value is -2.12. The van der Waals surface area contributed by atoms with E-state index in [1.165, 1.54) is 7.11 Å². The van der Waals surface area contributed by atoms with Crippen LogP contribution in [0.5, 0.6) is 5.75 Å². The van der Waals surface area contributed by atoms with Gasteiger partial charge in [0.15, 0.2) is 6.61 Å². The molecule has 1 aromatic carbocycles. The fourth-order valence-electron chi connectivity index (χ4n) is 2.95. The van der Waals surface area contributed by atoms with Crippen molar-refractivity contribution in [2.75, 3.05) is 53.2 Å². The molecular weight excluding hydrogens is 350 g/mol. The number of carbonyl (C=O) groups excluding carboxylic acids is 2. The molecule has 0 spiro atoms. The minimum Gasteiger partial charge on any atom is -0.481 e. The zero-order chi connectivity index (χ0) is 19.8. The van der Waals surface area contributed by atoms with Crippen LogP contribution in [0.15, 0.2) is 12.1 Å². The number of methoxy groups -OCH3 is 1. The zero-order valence-corrected chi connectivity index (χ0v) is 16.6. The van der Waals surface area contributed by atoms with E-state index in [0.717, 1.165) is 24.2 Å². The van der Waals surface area contributed by atoms with Gasteiger partial charge in [-0.3, -0.25) is 4.90 Å². The second-order valence-corrected chi connectivity index (χ2v) is 6.79. The molecule has 27 heavy (non-hydrogen) atoms. The molecule has 0 atom stereocenters. The second kappa shape index (κ2) is 10.3. The second-order valence-electron chi connectivity index (χ2n) is 6.79. The SMILES string of the molecule is COC(=O)c1c(C)ccc(C(C)C)c1OCC(=O)OCCN1CCOCC1. The molecule has 0 aromatic heterocycles. The molecule has 0 amide bonds. The van der Waals surface area contributed by atoms with Crippen LogP contribution in [0.3, 0.4) is 0 Å². The van der Waals surface area contributed by atoms with Gasteiger partial charge in [-0.25, -0.2) is 9.59 Å². The van der Waals surface area contributed by atoms with Crippen molar-refractivity contribution in [3.8, 4) is 5.75 Å². The van der Waals surface area contributed by atoms with Crippen LogP contribution in [0.2, 0.25) is 0 Å². The standard InChI is InChI=1S/C20H29NO6/c1-14(2)16-6-5-15(3)18(20(23)24-4)19(16)27-13-17(22)26-12-9-21-7-10-25-11-8-21/h5-6,14H,7-13H2,1-4H3. The average Bonchev–Trinajstić information content (AvgIpc) is 2.66. The Labute approximate surface area is 160 Å². The summed E-state index contributed by atoms with van der Waals surface area (Å²) < 4.78 is 21.2. The molecule has 0 radical (unpaired) electrons. The summed E-state index contributed by atoms with van der Waals surface area (Å²) in [4.78, 5) is 26.4. The van der Waals surface area contributed by atoms with Crippen LogP contribution in [0.25, 0.3) is 0 Å². The lowest BCUT2D eigenvalue weighted by atomic mass is 9.96. The van der Waals surface area contributed by atoms with E-state index in [2.05, 4.69) is 4.90 Å². The van der Waals surface area contributed by atoms with Gasteiger partial charge >= 0.3 is 11.9 Å². The first kappa shape index (κ1) is 21.2. The Morgan fingerprint density at radius 3 is 2.56 bits per heavy atom. The highest BCUT2D eigenvalue weighted by molar-refractivity contribution is 5.94. The summed E-state index contributed by atoms with van der Waals surface area (Å²) in [7, 11) is 1.33. The fourth-order valence-corrected chi connectivity index (χ4v) is 2.95. The molecule has 0 bridgehead atoms. The number of ether oxygens (including phenoxy) is 4. The van der Waals surface area contributed by atoms with Gasteiger partial charge in [-0.05, 0) is 24.0 Å². The van der Waals surface area contributed by atoms with Crippen molar-refractivity contribution in [2.45, 2.75) is 26.7 Å². The molecule has 0 aliphatic carbocycles. The van der Waals surface area contributed by atoms with Gasteiger partial charge in [0.1, 0.15) is 17.9 Å². The molecule has 0 saturated carbocycles. The van der Waals surface area contributed by atoms with Gasteiger partial charge in [0.2, 0.25) is 0 Å². The number of benzene rings is 1. The summed E-state index contributed by atoms with van der Waals surface area (Å²) in [6.07, 6.45) is 0. The van der Waals surface area contributed by atoms with Crippen LogP contribution in [0.1, 0.15) is 41.3 Å². The van der Waals surface area contributed by atoms with E-state index in [-0.39, 0.29) is 12.5 Å². The van der Waals surface area contributed by atoms with Crippen LogP contribution in [-0.2, 0) is 19.0 Å². The minimum absolute atomic E-state index is 0.126. The number of aryl methyl sites for hydroxylation is 1. The van der Waals surface area contributed by atoms with E-state index in [9.17, 15) is 9.59 Å². The van der Waals surface area contributed by atoms with Gasteiger partial charge < -0.3 is 18.9 Å². The van der Waals surface area contributed by atoms with Gasteiger partial charge in [-0.2, -0.15) is 0 Å². The Morgan fingerprint density at radius 2 is 1.93 bits per heavy atom. The number of esters is 2. The number of carbonyl (C=O) groups is 2. The van der Waals surface area contributed by atoms with Gasteiger partial charge in [0.25, 0.3) is 0 Å². The van der Waals surface area contributed by atoms with Crippen molar-refractivity contribution in [3.63, 3.8) is 0 Å². The van der Waals surface area contributed by atoms with Gasteiger partial charge in [-0.1, -0.05) is 26.0 Å². The summed E-state index contributed by atoms with van der Waals surface area (Å²) in [5.74, 6) is -0.427. The van der Waals surface area contributed by atoms with Crippen LogP contribution >= 0.6 is 0 Å². The molecule has 1 aromatic rings. The number of nitrogens with zero attached hydrogens (tertiary/aromatic N) is 1. The van der Waals surface area contributed by atoms with Crippen LogP contribution in [0.4, 0.5) is 0 Å². The number of morpholine rings is 1. The topological polar surface area (TPSA) is 74.3 Å². The maximum absolute atomic E-state index is 12.2. The number of rotatable bonds is 8. The highest BCUT2D eigenvalue weighted by Gasteiger charge is 2.22.